The van der Waals surface area contributed by atoms with E-state index < -0.39 is 0 Å². The number of nitrogens with zero attached hydrogens (tertiary/aromatic N) is 2. The number of carbonyl (C=O) groups is 2. The van der Waals surface area contributed by atoms with Crippen LogP contribution in [0.15, 0.2) is 85.2 Å². The molecular formula is C36H38FN5O2. The summed E-state index contributed by atoms with van der Waals surface area (Å²) in [5.41, 5.74) is 7.45. The normalized spacial score (nSPS) is 14.5. The molecule has 226 valence electrons. The minimum absolute atomic E-state index is 0.0303. The van der Waals surface area contributed by atoms with Gasteiger partial charge < -0.3 is 20.2 Å². The van der Waals surface area contributed by atoms with Crippen LogP contribution in [0.4, 0.5) is 4.39 Å². The van der Waals surface area contributed by atoms with Gasteiger partial charge >= 0.3 is 0 Å². The number of hydrogen-bond donors (Lipinski definition) is 3. The van der Waals surface area contributed by atoms with Crippen molar-refractivity contribution < 1.29 is 14.0 Å². The first-order chi connectivity index (χ1) is 21.3. The highest BCUT2D eigenvalue weighted by Crippen LogP contribution is 2.30. The van der Waals surface area contributed by atoms with E-state index in [4.69, 9.17) is 0 Å². The van der Waals surface area contributed by atoms with E-state index in [0.29, 0.717) is 26.1 Å². The van der Waals surface area contributed by atoms with Gasteiger partial charge in [-0.05, 0) is 66.3 Å². The Kier molecular flexibility index (Phi) is 8.61. The molecule has 2 amide bonds. The standard InChI is InChI=1S/C36H38FN5O2/c1-24-7-3-4-8-27(24)21-42(25(2)43)22-30(17-28-19-38-34-10-6-5-9-31(28)34)40-36(44)23-41-15-13-26(14-16-41)33-20-39-35-12-11-29(37)18-32(33)35/h3-13,18-20,30,38-39H,14-17,21-23H2,1-2H3,(H,40,44)/t30-/m1/s1. The number of H-pyrrole nitrogens is 2. The Hall–Kier alpha value is -4.69. The second-order valence-electron chi connectivity index (χ2n) is 11.8. The van der Waals surface area contributed by atoms with E-state index in [1.165, 1.54) is 6.07 Å². The van der Waals surface area contributed by atoms with Crippen LogP contribution in [0.25, 0.3) is 27.4 Å². The van der Waals surface area contributed by atoms with Crippen molar-refractivity contribution in [2.24, 2.45) is 0 Å². The van der Waals surface area contributed by atoms with Gasteiger partial charge in [-0.15, -0.1) is 0 Å². The van der Waals surface area contributed by atoms with Crippen LogP contribution in [0, 0.1) is 12.7 Å². The van der Waals surface area contributed by atoms with Crippen molar-refractivity contribution in [2.75, 3.05) is 26.2 Å². The Labute approximate surface area is 256 Å². The van der Waals surface area contributed by atoms with Gasteiger partial charge in [0.1, 0.15) is 5.82 Å². The van der Waals surface area contributed by atoms with Crippen LogP contribution in [-0.4, -0.2) is 63.8 Å². The van der Waals surface area contributed by atoms with Crippen molar-refractivity contribution in [3.8, 4) is 0 Å². The Morgan fingerprint density at radius 3 is 2.55 bits per heavy atom. The molecule has 0 aliphatic carbocycles. The molecule has 8 heteroatoms. The first-order valence-corrected chi connectivity index (χ1v) is 15.2. The van der Waals surface area contributed by atoms with Gasteiger partial charge in [0.15, 0.2) is 0 Å². The van der Waals surface area contributed by atoms with Crippen LogP contribution in [0.3, 0.4) is 0 Å². The van der Waals surface area contributed by atoms with Gasteiger partial charge in [-0.25, -0.2) is 4.39 Å². The SMILES string of the molecule is CC(=O)N(Cc1ccccc1C)C[C@@H](Cc1c[nH]c2ccccc12)NC(=O)CN1CC=C(c2c[nH]c3ccc(F)cc23)CC1. The van der Waals surface area contributed by atoms with Gasteiger partial charge in [0.05, 0.1) is 12.6 Å². The molecule has 0 saturated heterocycles. The highest BCUT2D eigenvalue weighted by atomic mass is 19.1. The third-order valence-electron chi connectivity index (χ3n) is 8.67. The molecule has 5 aromatic rings. The molecule has 2 aromatic heterocycles. The number of amides is 2. The molecule has 0 saturated carbocycles. The van der Waals surface area contributed by atoms with Crippen LogP contribution in [0.2, 0.25) is 0 Å². The molecule has 44 heavy (non-hydrogen) atoms. The molecule has 0 spiro atoms. The smallest absolute Gasteiger partial charge is 0.234 e. The van der Waals surface area contributed by atoms with Crippen LogP contribution in [0.1, 0.15) is 35.6 Å². The summed E-state index contributed by atoms with van der Waals surface area (Å²) >= 11 is 0. The Bertz CT molecular complexity index is 1840. The van der Waals surface area contributed by atoms with Crippen molar-refractivity contribution in [2.45, 2.75) is 39.3 Å². The number of benzene rings is 3. The molecule has 3 aromatic carbocycles. The summed E-state index contributed by atoms with van der Waals surface area (Å²) in [6.07, 6.45) is 7.42. The van der Waals surface area contributed by atoms with Crippen LogP contribution in [0.5, 0.6) is 0 Å². The van der Waals surface area contributed by atoms with E-state index in [1.807, 2.05) is 66.7 Å². The minimum Gasteiger partial charge on any atom is -0.361 e. The number of fused-ring (bicyclic) bond motifs is 2. The zero-order valence-electron chi connectivity index (χ0n) is 25.2. The van der Waals surface area contributed by atoms with Crippen molar-refractivity contribution in [1.29, 1.82) is 0 Å². The molecule has 0 radical (unpaired) electrons. The van der Waals surface area contributed by atoms with E-state index in [1.54, 1.807) is 19.1 Å². The highest BCUT2D eigenvalue weighted by molar-refractivity contribution is 5.93. The third kappa shape index (κ3) is 6.60. The molecule has 0 fully saturated rings. The number of aryl methyl sites for hydroxylation is 1. The number of nitrogens with one attached hydrogen (secondary N) is 3. The van der Waals surface area contributed by atoms with Gasteiger partial charge in [-0.2, -0.15) is 0 Å². The average Bonchev–Trinajstić information content (AvgIpc) is 3.62. The highest BCUT2D eigenvalue weighted by Gasteiger charge is 2.23. The summed E-state index contributed by atoms with van der Waals surface area (Å²) in [6.45, 7) is 6.13. The van der Waals surface area contributed by atoms with E-state index in [9.17, 15) is 14.0 Å². The summed E-state index contributed by atoms with van der Waals surface area (Å²) in [4.78, 5) is 36.8. The lowest BCUT2D eigenvalue weighted by molar-refractivity contribution is -0.131. The maximum Gasteiger partial charge on any atom is 0.234 e. The summed E-state index contributed by atoms with van der Waals surface area (Å²) < 4.78 is 13.9. The summed E-state index contributed by atoms with van der Waals surface area (Å²) in [6, 6.07) is 20.7. The lowest BCUT2D eigenvalue weighted by Crippen LogP contribution is -2.49. The van der Waals surface area contributed by atoms with E-state index >= 15 is 0 Å². The predicted octanol–water partition coefficient (Wildman–Crippen LogP) is 5.96. The molecular weight excluding hydrogens is 553 g/mol. The molecule has 0 unspecified atom stereocenters. The zero-order valence-corrected chi connectivity index (χ0v) is 25.2. The van der Waals surface area contributed by atoms with Gasteiger partial charge in [-0.3, -0.25) is 14.5 Å². The molecule has 3 N–H and O–H groups in total. The number of halogens is 1. The van der Waals surface area contributed by atoms with Crippen molar-refractivity contribution in [1.82, 2.24) is 25.1 Å². The minimum atomic E-state index is -0.272. The molecule has 0 bridgehead atoms. The van der Waals surface area contributed by atoms with E-state index in [0.717, 1.165) is 62.6 Å². The van der Waals surface area contributed by atoms with Gasteiger partial charge in [0.25, 0.3) is 0 Å². The fourth-order valence-corrected chi connectivity index (χ4v) is 6.23. The quantitative estimate of drug-likeness (QED) is 0.187. The van der Waals surface area contributed by atoms with Crippen molar-refractivity contribution in [3.63, 3.8) is 0 Å². The van der Waals surface area contributed by atoms with Gasteiger partial charge in [0.2, 0.25) is 11.8 Å². The Morgan fingerprint density at radius 1 is 0.977 bits per heavy atom. The van der Waals surface area contributed by atoms with E-state index in [-0.39, 0.29) is 30.2 Å². The Balaban J connectivity index is 1.16. The molecule has 3 heterocycles. The second kappa shape index (κ2) is 12.9. The number of aromatic amines is 2. The largest absolute Gasteiger partial charge is 0.361 e. The van der Waals surface area contributed by atoms with Gasteiger partial charge in [0, 0.05) is 72.9 Å². The second-order valence-corrected chi connectivity index (χ2v) is 11.8. The lowest BCUT2D eigenvalue weighted by Gasteiger charge is -2.30. The van der Waals surface area contributed by atoms with Gasteiger partial charge in [-0.1, -0.05) is 48.5 Å². The predicted molar refractivity (Wildman–Crippen MR) is 173 cm³/mol. The monoisotopic (exact) mass is 591 g/mol. The molecule has 1 atom stereocenters. The molecule has 6 rings (SSSR count). The fourth-order valence-electron chi connectivity index (χ4n) is 6.23. The number of para-hydroxylation sites is 1. The lowest BCUT2D eigenvalue weighted by atomic mass is 9.99. The van der Waals surface area contributed by atoms with Crippen molar-refractivity contribution >= 4 is 39.2 Å². The molecule has 1 aliphatic heterocycles. The van der Waals surface area contributed by atoms with Crippen LogP contribution >= 0.6 is 0 Å². The van der Waals surface area contributed by atoms with E-state index in [2.05, 4.69) is 32.3 Å². The van der Waals surface area contributed by atoms with Crippen molar-refractivity contribution in [3.05, 3.63) is 113 Å². The maximum atomic E-state index is 13.9. The average molecular weight is 592 g/mol. The molecule has 1 aliphatic rings. The number of hydrogen-bond acceptors (Lipinski definition) is 3. The zero-order chi connectivity index (χ0) is 30.6. The summed E-state index contributed by atoms with van der Waals surface area (Å²) in [7, 11) is 0. The van der Waals surface area contributed by atoms with Crippen LogP contribution < -0.4 is 5.32 Å². The summed E-state index contributed by atoms with van der Waals surface area (Å²) in [5, 5.41) is 5.26. The number of aromatic nitrogens is 2. The first-order valence-electron chi connectivity index (χ1n) is 15.2. The number of carbonyl (C=O) groups excluding carboxylic acids is 2. The summed E-state index contributed by atoms with van der Waals surface area (Å²) in [5.74, 6) is -0.352. The maximum absolute atomic E-state index is 13.9. The first kappa shape index (κ1) is 29.4. The number of rotatable bonds is 10. The Morgan fingerprint density at radius 2 is 1.75 bits per heavy atom. The van der Waals surface area contributed by atoms with Crippen LogP contribution in [-0.2, 0) is 22.6 Å². The molecule has 7 nitrogen and oxygen atoms in total. The topological polar surface area (TPSA) is 84.2 Å². The third-order valence-corrected chi connectivity index (χ3v) is 8.67. The fraction of sp³-hybridized carbons (Fsp3) is 0.278.